The third-order valence-corrected chi connectivity index (χ3v) is 6.68. The van der Waals surface area contributed by atoms with Crippen LogP contribution in [0, 0.1) is 6.92 Å². The summed E-state index contributed by atoms with van der Waals surface area (Å²) < 4.78 is 18.3. The van der Waals surface area contributed by atoms with E-state index in [0.717, 1.165) is 55.8 Å². The average Bonchev–Trinajstić information content (AvgIpc) is 2.89. The minimum Gasteiger partial charge on any atom is -0.497 e. The van der Waals surface area contributed by atoms with Gasteiger partial charge < -0.3 is 19.3 Å². The zero-order chi connectivity index (χ0) is 24.6. The lowest BCUT2D eigenvalue weighted by atomic mass is 9.82. The average molecular weight is 467 g/mol. The third-order valence-electron chi connectivity index (χ3n) is 6.68. The number of fused-ring (bicyclic) bond motifs is 3. The summed E-state index contributed by atoms with van der Waals surface area (Å²) in [5.41, 5.74) is 3.98. The molecule has 0 aromatic heterocycles. The summed E-state index contributed by atoms with van der Waals surface area (Å²) >= 11 is 0. The van der Waals surface area contributed by atoms with Crippen molar-refractivity contribution in [2.24, 2.45) is 0 Å². The molecule has 5 rings (SSSR count). The summed E-state index contributed by atoms with van der Waals surface area (Å²) in [7, 11) is 1.66. The maximum atomic E-state index is 10.2. The molecular weight excluding hydrogens is 436 g/mol. The molecule has 1 N–H and O–H groups in total. The van der Waals surface area contributed by atoms with E-state index in [1.54, 1.807) is 7.11 Å². The molecule has 1 aliphatic heterocycles. The van der Waals surface area contributed by atoms with Gasteiger partial charge in [-0.3, -0.25) is 0 Å². The van der Waals surface area contributed by atoms with Crippen LogP contribution in [0.15, 0.2) is 78.9 Å². The van der Waals surface area contributed by atoms with Crippen LogP contribution in [0.3, 0.4) is 0 Å². The zero-order valence-corrected chi connectivity index (χ0v) is 20.5. The quantitative estimate of drug-likeness (QED) is 0.340. The summed E-state index contributed by atoms with van der Waals surface area (Å²) in [5, 5.41) is 12.3. The van der Waals surface area contributed by atoms with E-state index in [-0.39, 0.29) is 12.7 Å². The maximum Gasteiger partial charge on any atom is 0.178 e. The Kier molecular flexibility index (Phi) is 6.00. The normalized spacial score (nSPS) is 16.7. The van der Waals surface area contributed by atoms with Crippen molar-refractivity contribution < 1.29 is 19.3 Å². The second-order valence-corrected chi connectivity index (χ2v) is 9.14. The van der Waals surface area contributed by atoms with Crippen molar-refractivity contribution in [1.82, 2.24) is 0 Å². The molecule has 178 valence electrons. The van der Waals surface area contributed by atoms with Gasteiger partial charge in [0.05, 0.1) is 19.8 Å². The van der Waals surface area contributed by atoms with Gasteiger partial charge >= 0.3 is 0 Å². The van der Waals surface area contributed by atoms with E-state index in [0.29, 0.717) is 0 Å². The van der Waals surface area contributed by atoms with Gasteiger partial charge in [-0.25, -0.2) is 0 Å². The Balaban J connectivity index is 1.73. The molecular formula is C31H30O4. The largest absolute Gasteiger partial charge is 0.497 e. The summed E-state index contributed by atoms with van der Waals surface area (Å²) in [6, 6.07) is 24.3. The van der Waals surface area contributed by atoms with Crippen molar-refractivity contribution in [2.45, 2.75) is 39.1 Å². The third kappa shape index (κ3) is 3.94. The fourth-order valence-electron chi connectivity index (χ4n) is 4.91. The molecule has 1 unspecified atom stereocenters. The highest BCUT2D eigenvalue weighted by atomic mass is 16.5. The minimum absolute atomic E-state index is 0.0521. The number of rotatable bonds is 6. The molecule has 35 heavy (non-hydrogen) atoms. The molecule has 0 fully saturated rings. The minimum atomic E-state index is -0.861. The van der Waals surface area contributed by atoms with E-state index in [1.807, 2.05) is 62.4 Å². The van der Waals surface area contributed by atoms with Crippen molar-refractivity contribution in [3.8, 4) is 17.2 Å². The molecule has 4 nitrogen and oxygen atoms in total. The van der Waals surface area contributed by atoms with Crippen LogP contribution in [0.5, 0.6) is 17.2 Å². The molecule has 0 saturated carbocycles. The summed E-state index contributed by atoms with van der Waals surface area (Å²) in [4.78, 5) is 0. The number of hydrogen-bond acceptors (Lipinski definition) is 4. The van der Waals surface area contributed by atoms with E-state index in [1.165, 1.54) is 0 Å². The van der Waals surface area contributed by atoms with Gasteiger partial charge in [0.15, 0.2) is 5.60 Å². The van der Waals surface area contributed by atoms with Crippen LogP contribution in [0.4, 0.5) is 0 Å². The molecule has 1 heterocycles. The maximum absolute atomic E-state index is 10.2. The predicted octanol–water partition coefficient (Wildman–Crippen LogP) is 6.79. The van der Waals surface area contributed by atoms with E-state index in [9.17, 15) is 5.11 Å². The lowest BCUT2D eigenvalue weighted by molar-refractivity contribution is 0.162. The van der Waals surface area contributed by atoms with Gasteiger partial charge in [0.1, 0.15) is 17.2 Å². The van der Waals surface area contributed by atoms with Crippen molar-refractivity contribution >= 4 is 16.8 Å². The fourth-order valence-corrected chi connectivity index (χ4v) is 4.91. The van der Waals surface area contributed by atoms with Crippen LogP contribution < -0.4 is 14.2 Å². The molecule has 0 amide bonds. The first-order valence-corrected chi connectivity index (χ1v) is 11.9. The van der Waals surface area contributed by atoms with Gasteiger partial charge in [-0.1, -0.05) is 54.6 Å². The molecule has 4 aromatic rings. The molecule has 0 spiro atoms. The van der Waals surface area contributed by atoms with Gasteiger partial charge in [-0.2, -0.15) is 0 Å². The Hall–Kier alpha value is -3.76. The van der Waals surface area contributed by atoms with Crippen molar-refractivity contribution in [3.05, 3.63) is 107 Å². The van der Waals surface area contributed by atoms with Gasteiger partial charge in [-0.15, -0.1) is 0 Å². The van der Waals surface area contributed by atoms with E-state index in [2.05, 4.69) is 43.3 Å². The first kappa shape index (κ1) is 23.0. The van der Waals surface area contributed by atoms with Crippen LogP contribution in [0.2, 0.25) is 0 Å². The van der Waals surface area contributed by atoms with Crippen LogP contribution in [0.1, 0.15) is 41.7 Å². The lowest BCUT2D eigenvalue weighted by Gasteiger charge is -2.37. The molecule has 4 heteroatoms. The van der Waals surface area contributed by atoms with E-state index < -0.39 is 5.60 Å². The number of methoxy groups -OCH3 is 1. The second-order valence-electron chi connectivity index (χ2n) is 9.14. The monoisotopic (exact) mass is 466 g/mol. The molecule has 0 radical (unpaired) electrons. The molecule has 1 aliphatic rings. The molecule has 4 aromatic carbocycles. The van der Waals surface area contributed by atoms with Gasteiger partial charge in [0.25, 0.3) is 0 Å². The first-order valence-electron chi connectivity index (χ1n) is 11.9. The van der Waals surface area contributed by atoms with Gasteiger partial charge in [0.2, 0.25) is 0 Å². The highest BCUT2D eigenvalue weighted by Crippen LogP contribution is 2.47. The first-order chi connectivity index (χ1) is 17.0. The second kappa shape index (κ2) is 9.12. The number of benzene rings is 4. The van der Waals surface area contributed by atoms with Crippen LogP contribution in [0.25, 0.3) is 16.8 Å². The van der Waals surface area contributed by atoms with Crippen LogP contribution in [-0.2, 0) is 12.2 Å². The van der Waals surface area contributed by atoms with E-state index in [4.69, 9.17) is 14.2 Å². The van der Waals surface area contributed by atoms with Crippen molar-refractivity contribution in [2.75, 3.05) is 7.11 Å². The van der Waals surface area contributed by atoms with E-state index >= 15 is 0 Å². The van der Waals surface area contributed by atoms with Crippen LogP contribution >= 0.6 is 0 Å². The number of ether oxygens (including phenoxy) is 3. The smallest absolute Gasteiger partial charge is 0.178 e. The summed E-state index contributed by atoms with van der Waals surface area (Å²) in [5.74, 6) is 2.38. The van der Waals surface area contributed by atoms with Crippen molar-refractivity contribution in [1.29, 1.82) is 0 Å². The lowest BCUT2D eigenvalue weighted by Crippen LogP contribution is -2.34. The molecule has 0 saturated heterocycles. The topological polar surface area (TPSA) is 47.9 Å². The zero-order valence-electron chi connectivity index (χ0n) is 20.5. The fraction of sp³-hybridized carbons (Fsp3) is 0.226. The Labute approximate surface area is 206 Å². The standard InChI is InChI=1S/C31H30O4/c1-20(2)34-25-15-11-23(12-16-25)31(22-9-13-24(33-4)14-10-22)18-17-28-29(19-32)21(3)26-7-5-6-8-27(26)30(28)35-31/h5-18,20,32H,19H2,1-4H3. The number of hydrogen-bond donors (Lipinski definition) is 1. The summed E-state index contributed by atoms with van der Waals surface area (Å²) in [6.45, 7) is 6.04. The van der Waals surface area contributed by atoms with Crippen LogP contribution in [-0.4, -0.2) is 18.3 Å². The number of aliphatic hydroxyl groups excluding tert-OH is 1. The van der Waals surface area contributed by atoms with Crippen molar-refractivity contribution in [3.63, 3.8) is 0 Å². The SMILES string of the molecule is COc1ccc(C2(c3ccc(OC(C)C)cc3)C=Cc3c(CO)c(C)c4ccccc4c3O2)cc1. The molecule has 0 bridgehead atoms. The summed E-state index contributed by atoms with van der Waals surface area (Å²) in [6.07, 6.45) is 4.27. The Morgan fingerprint density at radius 2 is 1.46 bits per heavy atom. The highest BCUT2D eigenvalue weighted by molar-refractivity contribution is 5.96. The van der Waals surface area contributed by atoms with Gasteiger partial charge in [0, 0.05) is 22.1 Å². The number of aryl methyl sites for hydroxylation is 1. The Morgan fingerprint density at radius 1 is 0.857 bits per heavy atom. The molecule has 0 aliphatic carbocycles. The highest BCUT2D eigenvalue weighted by Gasteiger charge is 2.38. The molecule has 1 atom stereocenters. The number of aliphatic hydroxyl groups is 1. The predicted molar refractivity (Wildman–Crippen MR) is 140 cm³/mol. The van der Waals surface area contributed by atoms with Gasteiger partial charge in [-0.05, 0) is 67.6 Å². The Bertz CT molecular complexity index is 1380. The Morgan fingerprint density at radius 3 is 2.03 bits per heavy atom.